The maximum atomic E-state index is 12.1. The molecule has 0 saturated heterocycles. The van der Waals surface area contributed by atoms with Gasteiger partial charge in [-0.2, -0.15) is 0 Å². The van der Waals surface area contributed by atoms with Crippen LogP contribution < -0.4 is 0 Å². The lowest BCUT2D eigenvalue weighted by Crippen LogP contribution is -2.26. The van der Waals surface area contributed by atoms with Crippen LogP contribution in [0.4, 0.5) is 0 Å². The number of Topliss-reactive ketones (excluding diaryl/α,β-unsaturated/α-hetero) is 1. The molecule has 426 valence electrons. The fourth-order valence-corrected chi connectivity index (χ4v) is 16.8. The van der Waals surface area contributed by atoms with E-state index in [0.717, 1.165) is 106 Å². The van der Waals surface area contributed by atoms with Gasteiger partial charge in [-0.05, 0) is 216 Å². The van der Waals surface area contributed by atoms with Crippen LogP contribution in [0.3, 0.4) is 0 Å². The van der Waals surface area contributed by atoms with E-state index in [9.17, 15) is 19.5 Å². The summed E-state index contributed by atoms with van der Waals surface area (Å²) >= 11 is 58.6. The number of carbonyl (C=O) groups is 3. The van der Waals surface area contributed by atoms with Crippen molar-refractivity contribution in [3.8, 4) is 0 Å². The van der Waals surface area contributed by atoms with Gasteiger partial charge in [-0.1, -0.05) is 139 Å². The van der Waals surface area contributed by atoms with Crippen molar-refractivity contribution >= 4 is 154 Å². The molecule has 12 rings (SSSR count). The van der Waals surface area contributed by atoms with E-state index in [-0.39, 0.29) is 53.6 Å². The summed E-state index contributed by atoms with van der Waals surface area (Å²) < 4.78 is 9.82. The van der Waals surface area contributed by atoms with Crippen molar-refractivity contribution in [3.05, 3.63) is 156 Å². The number of hydrogen-bond acceptors (Lipinski definition) is 6. The van der Waals surface area contributed by atoms with Crippen molar-refractivity contribution < 1.29 is 29.0 Å². The smallest absolute Gasteiger partial charge is 0.307 e. The van der Waals surface area contributed by atoms with E-state index in [4.69, 9.17) is 109 Å². The second-order valence-corrected chi connectivity index (χ2v) is 27.2. The molecule has 0 aromatic heterocycles. The predicted molar refractivity (Wildman–Crippen MR) is 336 cm³/mol. The summed E-state index contributed by atoms with van der Waals surface area (Å²) in [5.74, 6) is 1.84. The summed E-state index contributed by atoms with van der Waals surface area (Å²) in [7, 11) is 0. The van der Waals surface area contributed by atoms with Gasteiger partial charge < -0.3 is 14.6 Å². The molecule has 6 aliphatic carbocycles. The molecular weight excluding hydrogens is 1200 g/mol. The fourth-order valence-electron chi connectivity index (χ4n) is 14.0. The van der Waals surface area contributed by atoms with Crippen molar-refractivity contribution in [1.82, 2.24) is 0 Å². The number of rotatable bonds is 2. The van der Waals surface area contributed by atoms with Crippen LogP contribution in [0.25, 0.3) is 32.3 Å². The van der Waals surface area contributed by atoms with Crippen LogP contribution in [0, 0.1) is 37.0 Å². The van der Waals surface area contributed by atoms with E-state index in [1.807, 2.05) is 51.1 Å². The van der Waals surface area contributed by atoms with E-state index in [2.05, 4.69) is 44.2 Å². The SMILES string of the molecule is C.C=C(C)OC(C)=O.CC(=O)OC1=C[C@]2(C)CCc3c(cc(Cl)c4c(Cl)c(C)c(Cl)cc34)[C@H]2C1.Cc1c(Cl)cc2c3c(cc(Cl)c2c1Cl)[C@H]1CC(=O)C[C@]1(C)CC3.Cc1c(Cl)cc2c3c(cc(Cl)c2c1Cl)[C@H]1C[C@H](O)C[C@]1(C)CC3. The van der Waals surface area contributed by atoms with Crippen LogP contribution >= 0.6 is 104 Å². The molecule has 7 atom stereocenters. The first-order valence-electron chi connectivity index (χ1n) is 26.7. The molecule has 6 aromatic rings. The van der Waals surface area contributed by atoms with E-state index in [1.165, 1.54) is 47.2 Å². The molecule has 0 spiro atoms. The first-order valence-corrected chi connectivity index (χ1v) is 30.1. The standard InChI is InChI=1S/C21H19Cl3O2.C19H19Cl3O.C19H17Cl3O.C5H8O2.CH4/c1-10-17(22)8-15-13-4-5-21(3)9-12(26-11(2)25)6-16(21)14(13)7-18(23)19(15)20(10)24;2*1-9-15(20)7-13-11-3-4-19(2)8-10(23)5-14(19)12(11)6-16(21)17(13)18(9)22;1-4(2)7-5(3)6;/h7-9,16H,4-6H2,1-3H3;6-7,10,14,23H,3-5,8H2,1-2H3;6-7,14H,3-5,8H2,1-2H3;1H2,2-3H3;1H4/t16-,21+;10-,14+,19-;14-,19+;;/m101../s1. The predicted octanol–water partition coefficient (Wildman–Crippen LogP) is 21.5. The number of aryl methyl sites for hydroxylation is 3. The highest BCUT2D eigenvalue weighted by Crippen LogP contribution is 2.60. The lowest BCUT2D eigenvalue weighted by Gasteiger charge is -2.38. The number of halogens is 9. The molecule has 0 heterocycles. The average Bonchev–Trinajstić information content (AvgIpc) is 4.16. The molecule has 0 aliphatic heterocycles. The summed E-state index contributed by atoms with van der Waals surface area (Å²) in [5, 5.41) is 22.0. The number of allylic oxidation sites excluding steroid dienone is 3. The first-order chi connectivity index (χ1) is 37.0. The van der Waals surface area contributed by atoms with Gasteiger partial charge in [0, 0.05) is 70.3 Å². The van der Waals surface area contributed by atoms with Crippen molar-refractivity contribution in [2.75, 3.05) is 0 Å². The second kappa shape index (κ2) is 23.7. The van der Waals surface area contributed by atoms with E-state index < -0.39 is 0 Å². The molecule has 15 heteroatoms. The van der Waals surface area contributed by atoms with Crippen LogP contribution in [0.1, 0.15) is 168 Å². The number of ketones is 1. The maximum absolute atomic E-state index is 12.1. The van der Waals surface area contributed by atoms with Crippen LogP contribution in [0.5, 0.6) is 0 Å². The summed E-state index contributed by atoms with van der Waals surface area (Å²) in [6.07, 6.45) is 11.5. The van der Waals surface area contributed by atoms with Crippen LogP contribution in [0.15, 0.2) is 60.6 Å². The van der Waals surface area contributed by atoms with Crippen LogP contribution in [0.2, 0.25) is 45.2 Å². The second-order valence-electron chi connectivity index (χ2n) is 23.6. The monoisotopic (exact) mass is 1260 g/mol. The highest BCUT2D eigenvalue weighted by atomic mass is 35.5. The van der Waals surface area contributed by atoms with E-state index >= 15 is 0 Å². The summed E-state index contributed by atoms with van der Waals surface area (Å²) in [6.45, 7) is 20.3. The van der Waals surface area contributed by atoms with E-state index in [0.29, 0.717) is 81.9 Å². The van der Waals surface area contributed by atoms with Gasteiger partial charge in [-0.25, -0.2) is 0 Å². The van der Waals surface area contributed by atoms with Crippen molar-refractivity contribution in [2.45, 2.75) is 164 Å². The third kappa shape index (κ3) is 11.5. The number of aliphatic hydroxyl groups excluding tert-OH is 1. The van der Waals surface area contributed by atoms with Crippen molar-refractivity contribution in [3.63, 3.8) is 0 Å². The maximum Gasteiger partial charge on any atom is 0.307 e. The number of benzene rings is 6. The lowest BCUT2D eigenvalue weighted by molar-refractivity contribution is -0.137. The third-order valence-electron chi connectivity index (χ3n) is 18.1. The molecule has 6 aliphatic rings. The Kier molecular flexibility index (Phi) is 18.6. The van der Waals surface area contributed by atoms with Crippen molar-refractivity contribution in [2.24, 2.45) is 16.2 Å². The molecule has 2 saturated carbocycles. The number of ether oxygens (including phenoxy) is 2. The van der Waals surface area contributed by atoms with E-state index in [1.54, 1.807) is 6.92 Å². The van der Waals surface area contributed by atoms with Gasteiger partial charge in [0.2, 0.25) is 0 Å². The molecule has 80 heavy (non-hydrogen) atoms. The first kappa shape index (κ1) is 62.8. The van der Waals surface area contributed by atoms with Gasteiger partial charge in [-0.15, -0.1) is 0 Å². The van der Waals surface area contributed by atoms with Crippen LogP contribution in [-0.2, 0) is 43.1 Å². The van der Waals surface area contributed by atoms with Gasteiger partial charge in [0.1, 0.15) is 11.5 Å². The Hall–Kier alpha value is -3.24. The van der Waals surface area contributed by atoms with Crippen molar-refractivity contribution in [1.29, 1.82) is 0 Å². The summed E-state index contributed by atoms with van der Waals surface area (Å²) in [6, 6.07) is 12.2. The molecule has 0 amide bonds. The quantitative estimate of drug-likeness (QED) is 0.137. The molecule has 0 unspecified atom stereocenters. The van der Waals surface area contributed by atoms with Gasteiger partial charge >= 0.3 is 11.9 Å². The number of fused-ring (bicyclic) bond motifs is 15. The Morgan fingerprint density at radius 2 is 0.988 bits per heavy atom. The normalized spacial score (nSPS) is 24.7. The summed E-state index contributed by atoms with van der Waals surface area (Å²) in [5.41, 5.74) is 10.3. The van der Waals surface area contributed by atoms with Crippen LogP contribution in [-0.4, -0.2) is 28.9 Å². The van der Waals surface area contributed by atoms with Gasteiger partial charge in [0.05, 0.1) is 42.0 Å². The minimum absolute atomic E-state index is 0. The van der Waals surface area contributed by atoms with Gasteiger partial charge in [-0.3, -0.25) is 14.4 Å². The zero-order valence-corrected chi connectivity index (χ0v) is 52.5. The number of esters is 2. The largest absolute Gasteiger partial charge is 0.432 e. The highest BCUT2D eigenvalue weighted by molar-refractivity contribution is 6.46. The van der Waals surface area contributed by atoms with Gasteiger partial charge in [0.15, 0.2) is 0 Å². The Morgan fingerprint density at radius 1 is 0.575 bits per heavy atom. The molecule has 2 fully saturated rings. The number of carbonyl (C=O) groups excluding carboxylic acids is 3. The number of aliphatic hydroxyl groups is 1. The zero-order chi connectivity index (χ0) is 57.7. The Morgan fingerprint density at radius 3 is 1.40 bits per heavy atom. The summed E-state index contributed by atoms with van der Waals surface area (Å²) in [4.78, 5) is 33.4. The topological polar surface area (TPSA) is 89.9 Å². The molecule has 6 nitrogen and oxygen atoms in total. The molecule has 0 bridgehead atoms. The van der Waals surface area contributed by atoms with Gasteiger partial charge in [0.25, 0.3) is 0 Å². The number of hydrogen-bond donors (Lipinski definition) is 1. The average molecular weight is 1260 g/mol. The third-order valence-corrected chi connectivity index (χ3v) is 21.6. The Bertz CT molecular complexity index is 3630. The molecular formula is C65H67Cl9O6. The Balaban J connectivity index is 0.000000148. The minimum atomic E-state index is -0.312. The highest BCUT2D eigenvalue weighted by Gasteiger charge is 2.49. The lowest BCUT2D eigenvalue weighted by atomic mass is 9.66. The zero-order valence-electron chi connectivity index (χ0n) is 45.7. The Labute approximate surface area is 515 Å². The minimum Gasteiger partial charge on any atom is -0.432 e. The molecule has 1 N–H and O–H groups in total. The fraction of sp³-hybridized carbons (Fsp3) is 0.431. The molecule has 6 aromatic carbocycles. The molecule has 0 radical (unpaired) electrons.